The van der Waals surface area contributed by atoms with E-state index in [1.807, 2.05) is 13.0 Å². The molecule has 3 heterocycles. The van der Waals surface area contributed by atoms with E-state index in [9.17, 15) is 18.0 Å². The zero-order chi connectivity index (χ0) is 24.0. The van der Waals surface area contributed by atoms with Crippen molar-refractivity contribution in [1.29, 1.82) is 0 Å². The molecule has 3 aliphatic rings. The van der Waals surface area contributed by atoms with Crippen LogP contribution in [-0.4, -0.2) is 51.2 Å². The fraction of sp³-hybridized carbons (Fsp3) is 0.615. The highest BCUT2D eigenvalue weighted by Crippen LogP contribution is 2.42. The maximum absolute atomic E-state index is 14.4. The number of likely N-dealkylation sites (tertiary alicyclic amines) is 2. The summed E-state index contributed by atoms with van der Waals surface area (Å²) < 4.78 is 44.3. The van der Waals surface area contributed by atoms with E-state index in [1.54, 1.807) is 4.90 Å². The van der Waals surface area contributed by atoms with Crippen molar-refractivity contribution in [3.05, 3.63) is 52.6 Å². The van der Waals surface area contributed by atoms with Gasteiger partial charge in [0.2, 0.25) is 5.91 Å². The molecule has 2 aromatic rings. The van der Waals surface area contributed by atoms with Gasteiger partial charge < -0.3 is 4.90 Å². The van der Waals surface area contributed by atoms with E-state index in [1.165, 1.54) is 29.3 Å². The maximum atomic E-state index is 14.4. The van der Waals surface area contributed by atoms with E-state index in [4.69, 9.17) is 0 Å². The van der Waals surface area contributed by atoms with E-state index in [-0.39, 0.29) is 42.0 Å². The fourth-order valence-corrected chi connectivity index (χ4v) is 5.73. The second kappa shape index (κ2) is 9.02. The predicted octanol–water partition coefficient (Wildman–Crippen LogP) is 5.15. The molecular formula is C26H33F3N4O. The normalized spacial score (nSPS) is 24.1. The number of amides is 1. The van der Waals surface area contributed by atoms with Gasteiger partial charge in [0.1, 0.15) is 18.1 Å². The Bertz CT molecular complexity index is 1030. The SMILES string of the molecule is Cc1cc(F)cc([C@@H]2[C@H](N3CCCCC3)CCN2C(=O)Cn2nc(C3CC3)cc2C(C)(F)F)c1. The van der Waals surface area contributed by atoms with E-state index < -0.39 is 5.92 Å². The second-order valence-electron chi connectivity index (χ2n) is 10.3. The molecule has 3 fully saturated rings. The lowest BCUT2D eigenvalue weighted by Gasteiger charge is -2.38. The first kappa shape index (κ1) is 23.4. The molecule has 1 aromatic heterocycles. The van der Waals surface area contributed by atoms with Crippen molar-refractivity contribution in [2.24, 2.45) is 0 Å². The van der Waals surface area contributed by atoms with E-state index >= 15 is 0 Å². The molecule has 0 unspecified atom stereocenters. The standard InChI is InChI=1S/C26H33F3N4O/c1-17-12-19(14-20(27)13-17)25-22(31-9-4-3-5-10-31)8-11-32(25)24(34)16-33-23(26(2,28)29)15-21(30-33)18-6-7-18/h12-15,18,22,25H,3-11,16H2,1-2H3/t22-,25-/m1/s1. The van der Waals surface area contributed by atoms with Gasteiger partial charge in [0.15, 0.2) is 0 Å². The molecule has 2 saturated heterocycles. The molecule has 1 amide bonds. The van der Waals surface area contributed by atoms with Crippen molar-refractivity contribution in [3.8, 4) is 0 Å². The highest BCUT2D eigenvalue weighted by Gasteiger charge is 2.42. The van der Waals surface area contributed by atoms with Gasteiger partial charge in [0.25, 0.3) is 5.92 Å². The van der Waals surface area contributed by atoms with E-state index in [0.29, 0.717) is 12.2 Å². The van der Waals surface area contributed by atoms with Crippen LogP contribution in [0.2, 0.25) is 0 Å². The van der Waals surface area contributed by atoms with Crippen LogP contribution in [-0.2, 0) is 17.3 Å². The second-order valence-corrected chi connectivity index (χ2v) is 10.3. The van der Waals surface area contributed by atoms with Gasteiger partial charge >= 0.3 is 0 Å². The number of aromatic nitrogens is 2. The van der Waals surface area contributed by atoms with Gasteiger partial charge in [0.05, 0.1) is 11.7 Å². The summed E-state index contributed by atoms with van der Waals surface area (Å²) in [6.07, 6.45) is 6.12. The Morgan fingerprint density at radius 3 is 2.44 bits per heavy atom. The lowest BCUT2D eigenvalue weighted by atomic mass is 9.95. The average Bonchev–Trinajstić information content (AvgIpc) is 3.37. The Morgan fingerprint density at radius 2 is 1.79 bits per heavy atom. The largest absolute Gasteiger partial charge is 0.332 e. The predicted molar refractivity (Wildman–Crippen MR) is 123 cm³/mol. The molecule has 1 aliphatic carbocycles. The summed E-state index contributed by atoms with van der Waals surface area (Å²) in [5.41, 5.74) is 2.02. The Kier molecular flexibility index (Phi) is 6.21. The summed E-state index contributed by atoms with van der Waals surface area (Å²) in [5.74, 6) is -3.43. The molecule has 8 heteroatoms. The van der Waals surface area contributed by atoms with Crippen LogP contribution in [0.5, 0.6) is 0 Å². The third kappa shape index (κ3) is 4.74. The van der Waals surface area contributed by atoms with Crippen LogP contribution in [0.4, 0.5) is 13.2 Å². The number of benzene rings is 1. The van der Waals surface area contributed by atoms with Gasteiger partial charge in [0, 0.05) is 25.4 Å². The maximum Gasteiger partial charge on any atom is 0.286 e. The lowest BCUT2D eigenvalue weighted by Crippen LogP contribution is -2.44. The number of piperidine rings is 1. The Morgan fingerprint density at radius 1 is 1.06 bits per heavy atom. The zero-order valence-electron chi connectivity index (χ0n) is 19.9. The first-order valence-electron chi connectivity index (χ1n) is 12.5. The fourth-order valence-electron chi connectivity index (χ4n) is 5.73. The zero-order valence-corrected chi connectivity index (χ0v) is 19.9. The molecule has 184 valence electrons. The Balaban J connectivity index is 1.45. The van der Waals surface area contributed by atoms with E-state index in [2.05, 4.69) is 10.00 Å². The van der Waals surface area contributed by atoms with Crippen LogP contribution in [0.3, 0.4) is 0 Å². The van der Waals surface area contributed by atoms with Crippen LogP contribution in [0.25, 0.3) is 0 Å². The number of carbonyl (C=O) groups excluding carboxylic acids is 1. The molecular weight excluding hydrogens is 441 g/mol. The van der Waals surface area contributed by atoms with Gasteiger partial charge in [-0.1, -0.05) is 12.5 Å². The van der Waals surface area contributed by atoms with Crippen molar-refractivity contribution in [1.82, 2.24) is 19.6 Å². The number of hydrogen-bond donors (Lipinski definition) is 0. The van der Waals surface area contributed by atoms with Gasteiger partial charge in [-0.15, -0.1) is 0 Å². The Hall–Kier alpha value is -2.35. The van der Waals surface area contributed by atoms with Gasteiger partial charge in [-0.3, -0.25) is 14.4 Å². The highest BCUT2D eigenvalue weighted by atomic mass is 19.3. The number of alkyl halides is 2. The van der Waals surface area contributed by atoms with Crippen LogP contribution >= 0.6 is 0 Å². The topological polar surface area (TPSA) is 41.4 Å². The summed E-state index contributed by atoms with van der Waals surface area (Å²) >= 11 is 0. The van der Waals surface area contributed by atoms with Crippen LogP contribution < -0.4 is 0 Å². The summed E-state index contributed by atoms with van der Waals surface area (Å²) in [6.45, 7) is 4.92. The number of halogens is 3. The molecule has 2 atom stereocenters. The first-order valence-corrected chi connectivity index (χ1v) is 12.5. The first-order chi connectivity index (χ1) is 16.2. The van der Waals surface area contributed by atoms with Crippen molar-refractivity contribution in [2.75, 3.05) is 19.6 Å². The third-order valence-corrected chi connectivity index (χ3v) is 7.48. The average molecular weight is 475 g/mol. The number of nitrogens with zero attached hydrogens (tertiary/aromatic N) is 4. The van der Waals surface area contributed by atoms with Crippen LogP contribution in [0.15, 0.2) is 24.3 Å². The summed E-state index contributed by atoms with van der Waals surface area (Å²) in [5, 5.41) is 4.40. The molecule has 5 rings (SSSR count). The quantitative estimate of drug-likeness (QED) is 0.582. The summed E-state index contributed by atoms with van der Waals surface area (Å²) in [7, 11) is 0. The molecule has 2 aliphatic heterocycles. The smallest absolute Gasteiger partial charge is 0.286 e. The summed E-state index contributed by atoms with van der Waals surface area (Å²) in [4.78, 5) is 17.8. The number of aryl methyl sites for hydroxylation is 1. The molecule has 1 saturated carbocycles. The van der Waals surface area contributed by atoms with E-state index in [0.717, 1.165) is 63.2 Å². The Labute approximate surface area is 198 Å². The minimum Gasteiger partial charge on any atom is -0.332 e. The third-order valence-electron chi connectivity index (χ3n) is 7.48. The van der Waals surface area contributed by atoms with Crippen molar-refractivity contribution >= 4 is 5.91 Å². The van der Waals surface area contributed by atoms with Crippen molar-refractivity contribution in [3.63, 3.8) is 0 Å². The lowest BCUT2D eigenvalue weighted by molar-refractivity contribution is -0.133. The minimum absolute atomic E-state index is 0.0946. The van der Waals surface area contributed by atoms with Crippen molar-refractivity contribution in [2.45, 2.75) is 82.8 Å². The molecule has 1 aromatic carbocycles. The van der Waals surface area contributed by atoms with Crippen LogP contribution in [0, 0.1) is 12.7 Å². The molecule has 0 radical (unpaired) electrons. The monoisotopic (exact) mass is 474 g/mol. The van der Waals surface area contributed by atoms with Gasteiger partial charge in [-0.2, -0.15) is 13.9 Å². The number of rotatable bonds is 6. The molecule has 0 bridgehead atoms. The van der Waals surface area contributed by atoms with Crippen LogP contribution in [0.1, 0.15) is 79.9 Å². The molecule has 34 heavy (non-hydrogen) atoms. The number of hydrogen-bond acceptors (Lipinski definition) is 3. The van der Waals surface area contributed by atoms with Gasteiger partial charge in [-0.25, -0.2) is 4.39 Å². The highest BCUT2D eigenvalue weighted by molar-refractivity contribution is 5.77. The molecule has 0 spiro atoms. The van der Waals surface area contributed by atoms with Crippen molar-refractivity contribution < 1.29 is 18.0 Å². The molecule has 0 N–H and O–H groups in total. The molecule has 5 nitrogen and oxygen atoms in total. The summed E-state index contributed by atoms with van der Waals surface area (Å²) in [6, 6.07) is 6.20. The van der Waals surface area contributed by atoms with Gasteiger partial charge in [-0.05, 0) is 81.4 Å². The minimum atomic E-state index is -3.08. The number of carbonyl (C=O) groups is 1.